The van der Waals surface area contributed by atoms with Crippen LogP contribution in [0.1, 0.15) is 19.3 Å². The number of carbonyl (C=O) groups excluding carboxylic acids is 1. The number of ketones is 1. The van der Waals surface area contributed by atoms with Gasteiger partial charge in [-0.15, -0.1) is 6.42 Å². The van der Waals surface area contributed by atoms with Crippen molar-refractivity contribution in [2.45, 2.75) is 19.3 Å². The summed E-state index contributed by atoms with van der Waals surface area (Å²) in [4.78, 5) is 10.7. The molecule has 0 N–H and O–H groups in total. The van der Waals surface area contributed by atoms with Crippen LogP contribution in [-0.2, 0) is 4.79 Å². The van der Waals surface area contributed by atoms with Gasteiger partial charge in [-0.2, -0.15) is 0 Å². The summed E-state index contributed by atoms with van der Waals surface area (Å²) in [5.41, 5.74) is 0.853. The van der Waals surface area contributed by atoms with Crippen molar-refractivity contribution in [1.29, 1.82) is 0 Å². The van der Waals surface area contributed by atoms with Crippen molar-refractivity contribution in [2.75, 3.05) is 0 Å². The molecule has 0 radical (unpaired) electrons. The van der Waals surface area contributed by atoms with Gasteiger partial charge in [-0.25, -0.2) is 0 Å². The molecule has 1 aliphatic rings. The molecule has 9 heavy (non-hydrogen) atoms. The fourth-order valence-corrected chi connectivity index (χ4v) is 0.906. The van der Waals surface area contributed by atoms with Crippen LogP contribution in [0.25, 0.3) is 0 Å². The first-order chi connectivity index (χ1) is 4.33. The topological polar surface area (TPSA) is 17.1 Å². The van der Waals surface area contributed by atoms with Crippen LogP contribution in [0.5, 0.6) is 0 Å². The molecule has 0 aromatic rings. The van der Waals surface area contributed by atoms with E-state index in [1.165, 1.54) is 0 Å². The highest BCUT2D eigenvalue weighted by molar-refractivity contribution is 5.91. The Balaban J connectivity index is 2.74. The zero-order valence-electron chi connectivity index (χ0n) is 5.18. The summed E-state index contributed by atoms with van der Waals surface area (Å²) < 4.78 is 0. The van der Waals surface area contributed by atoms with Gasteiger partial charge in [0.05, 0.1) is 0 Å². The van der Waals surface area contributed by atoms with Crippen molar-refractivity contribution >= 4 is 5.78 Å². The van der Waals surface area contributed by atoms with Crippen molar-refractivity contribution in [1.82, 2.24) is 0 Å². The van der Waals surface area contributed by atoms with E-state index in [0.29, 0.717) is 6.42 Å². The van der Waals surface area contributed by atoms with Crippen LogP contribution in [0.4, 0.5) is 0 Å². The second-order valence-electron chi connectivity index (χ2n) is 2.13. The minimum Gasteiger partial charge on any atom is -0.295 e. The van der Waals surface area contributed by atoms with Gasteiger partial charge < -0.3 is 0 Å². The van der Waals surface area contributed by atoms with E-state index in [-0.39, 0.29) is 5.78 Å². The predicted molar refractivity (Wildman–Crippen MR) is 35.8 cm³/mol. The minimum absolute atomic E-state index is 0.175. The van der Waals surface area contributed by atoms with Crippen LogP contribution in [0.2, 0.25) is 0 Å². The number of terminal acetylenes is 1. The van der Waals surface area contributed by atoms with Crippen LogP contribution < -0.4 is 0 Å². The third-order valence-electron chi connectivity index (χ3n) is 1.39. The quantitative estimate of drug-likeness (QED) is 0.440. The van der Waals surface area contributed by atoms with E-state index in [9.17, 15) is 4.79 Å². The summed E-state index contributed by atoms with van der Waals surface area (Å²) in [6.45, 7) is 0. The van der Waals surface area contributed by atoms with Crippen LogP contribution in [-0.4, -0.2) is 5.78 Å². The highest BCUT2D eigenvalue weighted by Gasteiger charge is 2.06. The summed E-state index contributed by atoms with van der Waals surface area (Å²) in [5, 5.41) is 0. The molecular formula is C8H8O. The van der Waals surface area contributed by atoms with Gasteiger partial charge in [-0.1, -0.05) is 5.92 Å². The summed E-state index contributed by atoms with van der Waals surface area (Å²) in [5.74, 6) is 2.65. The lowest BCUT2D eigenvalue weighted by Crippen LogP contribution is -2.00. The molecule has 0 unspecified atom stereocenters. The fourth-order valence-electron chi connectivity index (χ4n) is 0.906. The Bertz CT molecular complexity index is 193. The van der Waals surface area contributed by atoms with Gasteiger partial charge in [0.25, 0.3) is 0 Å². The lowest BCUT2D eigenvalue weighted by atomic mass is 9.99. The van der Waals surface area contributed by atoms with E-state index < -0.39 is 0 Å². The van der Waals surface area contributed by atoms with Crippen molar-refractivity contribution in [3.05, 3.63) is 11.6 Å². The summed E-state index contributed by atoms with van der Waals surface area (Å²) in [7, 11) is 0. The van der Waals surface area contributed by atoms with Gasteiger partial charge in [0.15, 0.2) is 5.78 Å². The average molecular weight is 120 g/mol. The van der Waals surface area contributed by atoms with Crippen molar-refractivity contribution in [2.24, 2.45) is 0 Å². The van der Waals surface area contributed by atoms with Gasteiger partial charge in [0, 0.05) is 12.0 Å². The second kappa shape index (κ2) is 2.50. The molecular weight excluding hydrogens is 112 g/mol. The maximum Gasteiger partial charge on any atom is 0.156 e. The van der Waals surface area contributed by atoms with E-state index in [2.05, 4.69) is 5.92 Å². The third kappa shape index (κ3) is 1.43. The van der Waals surface area contributed by atoms with Crippen LogP contribution in [0.3, 0.4) is 0 Å². The Labute approximate surface area is 54.8 Å². The van der Waals surface area contributed by atoms with Crippen LogP contribution in [0.15, 0.2) is 11.6 Å². The maximum absolute atomic E-state index is 10.7. The van der Waals surface area contributed by atoms with E-state index in [4.69, 9.17) is 6.42 Å². The van der Waals surface area contributed by atoms with Gasteiger partial charge in [0.1, 0.15) is 0 Å². The molecule has 0 heterocycles. The average Bonchev–Trinajstić information content (AvgIpc) is 1.88. The zero-order chi connectivity index (χ0) is 6.69. The summed E-state index contributed by atoms with van der Waals surface area (Å²) in [6, 6.07) is 0. The molecule has 0 saturated heterocycles. The van der Waals surface area contributed by atoms with Gasteiger partial charge >= 0.3 is 0 Å². The van der Waals surface area contributed by atoms with Crippen LogP contribution >= 0.6 is 0 Å². The first-order valence-corrected chi connectivity index (χ1v) is 3.03. The third-order valence-corrected chi connectivity index (χ3v) is 1.39. The molecule has 0 aromatic heterocycles. The van der Waals surface area contributed by atoms with E-state index in [1.807, 2.05) is 0 Å². The molecule has 0 aliphatic heterocycles. The number of carbonyl (C=O) groups is 1. The van der Waals surface area contributed by atoms with Gasteiger partial charge in [0.2, 0.25) is 0 Å². The molecule has 0 fully saturated rings. The number of rotatable bonds is 0. The lowest BCUT2D eigenvalue weighted by molar-refractivity contribution is -0.115. The Morgan fingerprint density at radius 3 is 2.78 bits per heavy atom. The molecule has 0 atom stereocenters. The molecule has 0 aromatic carbocycles. The van der Waals surface area contributed by atoms with Crippen molar-refractivity contribution in [3.63, 3.8) is 0 Å². The Morgan fingerprint density at radius 1 is 1.56 bits per heavy atom. The monoisotopic (exact) mass is 120 g/mol. The standard InChI is InChI=1S/C8H8O/c1-2-7-4-3-5-8(9)6-7/h1,6H,3-5H2. The molecule has 1 aliphatic carbocycles. The number of hydrogen-bond donors (Lipinski definition) is 0. The highest BCUT2D eigenvalue weighted by Crippen LogP contribution is 2.13. The Morgan fingerprint density at radius 2 is 2.33 bits per heavy atom. The van der Waals surface area contributed by atoms with Crippen molar-refractivity contribution < 1.29 is 4.79 Å². The van der Waals surface area contributed by atoms with Gasteiger partial charge in [-0.05, 0) is 18.9 Å². The normalized spacial score (nSPS) is 18.6. The van der Waals surface area contributed by atoms with Gasteiger partial charge in [-0.3, -0.25) is 4.79 Å². The fraction of sp³-hybridized carbons (Fsp3) is 0.375. The molecule has 0 bridgehead atoms. The highest BCUT2D eigenvalue weighted by atomic mass is 16.1. The molecule has 0 amide bonds. The SMILES string of the molecule is C#CC1=CC(=O)CCC1. The largest absolute Gasteiger partial charge is 0.295 e. The Hall–Kier alpha value is -1.03. The van der Waals surface area contributed by atoms with E-state index >= 15 is 0 Å². The minimum atomic E-state index is 0.175. The summed E-state index contributed by atoms with van der Waals surface area (Å²) in [6.07, 6.45) is 9.17. The smallest absolute Gasteiger partial charge is 0.156 e. The number of hydrogen-bond acceptors (Lipinski definition) is 1. The second-order valence-corrected chi connectivity index (χ2v) is 2.13. The molecule has 1 rings (SSSR count). The molecule has 0 saturated carbocycles. The first kappa shape index (κ1) is 6.10. The molecule has 0 spiro atoms. The summed E-state index contributed by atoms with van der Waals surface area (Å²) >= 11 is 0. The molecule has 46 valence electrons. The van der Waals surface area contributed by atoms with E-state index in [0.717, 1.165) is 18.4 Å². The Kier molecular flexibility index (Phi) is 1.69. The number of allylic oxidation sites excluding steroid dienone is 2. The molecule has 1 heteroatoms. The van der Waals surface area contributed by atoms with E-state index in [1.54, 1.807) is 6.08 Å². The maximum atomic E-state index is 10.7. The zero-order valence-corrected chi connectivity index (χ0v) is 5.18. The van der Waals surface area contributed by atoms with Crippen LogP contribution in [0, 0.1) is 12.3 Å². The van der Waals surface area contributed by atoms with Crippen molar-refractivity contribution in [3.8, 4) is 12.3 Å². The molecule has 1 nitrogen and oxygen atoms in total. The first-order valence-electron chi connectivity index (χ1n) is 3.03. The predicted octanol–water partition coefficient (Wildman–Crippen LogP) is 1.30. The lowest BCUT2D eigenvalue weighted by Gasteiger charge is -2.04.